The maximum Gasteiger partial charge on any atom is 0.328 e. The summed E-state index contributed by atoms with van der Waals surface area (Å²) in [5.41, 5.74) is 0.692. The molecule has 6 heteroatoms. The zero-order chi connectivity index (χ0) is 13.8. The van der Waals surface area contributed by atoms with Gasteiger partial charge in [0.2, 0.25) is 0 Å². The number of benzene rings is 1. The van der Waals surface area contributed by atoms with E-state index in [0.717, 1.165) is 12.0 Å². The third-order valence-electron chi connectivity index (χ3n) is 2.86. The second-order valence-electron chi connectivity index (χ2n) is 4.33. The van der Waals surface area contributed by atoms with E-state index in [1.807, 2.05) is 6.92 Å². The fourth-order valence-electron chi connectivity index (χ4n) is 1.95. The van der Waals surface area contributed by atoms with Gasteiger partial charge in [0.05, 0.1) is 11.5 Å². The molecule has 0 N–H and O–H groups in total. The summed E-state index contributed by atoms with van der Waals surface area (Å²) in [5.74, 6) is 0. The number of nitro groups is 1. The van der Waals surface area contributed by atoms with Crippen molar-refractivity contribution in [2.24, 2.45) is 0 Å². The molecule has 0 unspecified atom stereocenters. The molecule has 0 amide bonds. The smallest absolute Gasteiger partial charge is 0.299 e. The summed E-state index contributed by atoms with van der Waals surface area (Å²) in [6.07, 6.45) is 4.33. The minimum absolute atomic E-state index is 0.0403. The number of hydrogen-bond acceptors (Lipinski definition) is 3. The van der Waals surface area contributed by atoms with Crippen molar-refractivity contribution in [3.8, 4) is 0 Å². The van der Waals surface area contributed by atoms with Crippen molar-refractivity contribution in [1.29, 1.82) is 0 Å². The van der Waals surface area contributed by atoms with Gasteiger partial charge in [-0.05, 0) is 12.0 Å². The molecule has 1 aromatic heterocycles. The van der Waals surface area contributed by atoms with E-state index in [1.54, 1.807) is 33.7 Å². The van der Waals surface area contributed by atoms with Gasteiger partial charge in [0.1, 0.15) is 0 Å². The highest BCUT2D eigenvalue weighted by atomic mass is 16.6. The number of imidazole rings is 1. The quantitative estimate of drug-likeness (QED) is 0.610. The van der Waals surface area contributed by atoms with Crippen LogP contribution in [-0.2, 0) is 13.1 Å². The summed E-state index contributed by atoms with van der Waals surface area (Å²) in [6, 6.07) is 6.33. The Bertz CT molecular complexity index is 643. The van der Waals surface area contributed by atoms with E-state index in [0.29, 0.717) is 13.1 Å². The van der Waals surface area contributed by atoms with Gasteiger partial charge < -0.3 is 0 Å². The number of nitro benzene ring substituents is 1. The van der Waals surface area contributed by atoms with E-state index in [9.17, 15) is 14.9 Å². The molecule has 100 valence electrons. The zero-order valence-electron chi connectivity index (χ0n) is 10.7. The highest BCUT2D eigenvalue weighted by Gasteiger charge is 2.08. The Morgan fingerprint density at radius 2 is 2.00 bits per heavy atom. The molecule has 0 saturated carbocycles. The van der Waals surface area contributed by atoms with Gasteiger partial charge in [0.15, 0.2) is 0 Å². The van der Waals surface area contributed by atoms with Crippen molar-refractivity contribution in [2.45, 2.75) is 26.4 Å². The molecule has 0 aliphatic carbocycles. The van der Waals surface area contributed by atoms with E-state index >= 15 is 0 Å². The maximum absolute atomic E-state index is 12.0. The standard InChI is InChI=1S/C13H15N3O3/c1-2-6-14-7-8-15(13(14)17)10-11-4-3-5-12(9-11)16(18)19/h3-5,7-9H,2,6,10H2,1H3. The van der Waals surface area contributed by atoms with Crippen LogP contribution < -0.4 is 5.69 Å². The predicted octanol–water partition coefficient (Wildman–Crippen LogP) is 2.02. The summed E-state index contributed by atoms with van der Waals surface area (Å²) in [4.78, 5) is 22.2. The average Bonchev–Trinajstić information content (AvgIpc) is 2.72. The third-order valence-corrected chi connectivity index (χ3v) is 2.86. The highest BCUT2D eigenvalue weighted by Crippen LogP contribution is 2.13. The lowest BCUT2D eigenvalue weighted by atomic mass is 10.2. The Morgan fingerprint density at radius 1 is 1.26 bits per heavy atom. The summed E-state index contributed by atoms with van der Waals surface area (Å²) < 4.78 is 3.19. The van der Waals surface area contributed by atoms with Crippen LogP contribution in [-0.4, -0.2) is 14.1 Å². The topological polar surface area (TPSA) is 70.1 Å². The molecule has 19 heavy (non-hydrogen) atoms. The lowest BCUT2D eigenvalue weighted by Gasteiger charge is -2.02. The van der Waals surface area contributed by atoms with Gasteiger partial charge in [0, 0.05) is 31.1 Å². The molecule has 6 nitrogen and oxygen atoms in total. The molecular weight excluding hydrogens is 246 g/mol. The number of aromatic nitrogens is 2. The van der Waals surface area contributed by atoms with E-state index in [-0.39, 0.29) is 11.4 Å². The first-order chi connectivity index (χ1) is 9.11. The van der Waals surface area contributed by atoms with Crippen molar-refractivity contribution >= 4 is 5.69 Å². The van der Waals surface area contributed by atoms with Crippen LogP contribution in [0.25, 0.3) is 0 Å². The van der Waals surface area contributed by atoms with Crippen LogP contribution in [0.5, 0.6) is 0 Å². The molecular formula is C13H15N3O3. The molecule has 1 heterocycles. The van der Waals surface area contributed by atoms with E-state index in [2.05, 4.69) is 0 Å². The second-order valence-corrected chi connectivity index (χ2v) is 4.33. The lowest BCUT2D eigenvalue weighted by molar-refractivity contribution is -0.384. The number of non-ortho nitro benzene ring substituents is 1. The molecule has 0 aliphatic heterocycles. The molecule has 2 aromatic rings. The Kier molecular flexibility index (Phi) is 3.79. The Hall–Kier alpha value is -2.37. The van der Waals surface area contributed by atoms with Crippen molar-refractivity contribution in [3.05, 3.63) is 62.8 Å². The lowest BCUT2D eigenvalue weighted by Crippen LogP contribution is -2.24. The average molecular weight is 261 g/mol. The van der Waals surface area contributed by atoms with Gasteiger partial charge in [-0.2, -0.15) is 0 Å². The zero-order valence-corrected chi connectivity index (χ0v) is 10.7. The predicted molar refractivity (Wildman–Crippen MR) is 71.2 cm³/mol. The van der Waals surface area contributed by atoms with Gasteiger partial charge in [-0.25, -0.2) is 4.79 Å². The minimum Gasteiger partial charge on any atom is -0.299 e. The van der Waals surface area contributed by atoms with E-state index in [1.165, 1.54) is 12.1 Å². The van der Waals surface area contributed by atoms with Crippen LogP contribution in [0, 0.1) is 10.1 Å². The largest absolute Gasteiger partial charge is 0.328 e. The van der Waals surface area contributed by atoms with E-state index < -0.39 is 4.92 Å². The monoisotopic (exact) mass is 261 g/mol. The van der Waals surface area contributed by atoms with Crippen LogP contribution in [0.15, 0.2) is 41.5 Å². The summed E-state index contributed by atoms with van der Waals surface area (Å²) in [6.45, 7) is 3.03. The summed E-state index contributed by atoms with van der Waals surface area (Å²) >= 11 is 0. The second kappa shape index (κ2) is 5.51. The molecule has 0 atom stereocenters. The molecule has 0 fully saturated rings. The molecule has 0 radical (unpaired) electrons. The normalized spacial score (nSPS) is 10.6. The Balaban J connectivity index is 2.24. The third kappa shape index (κ3) is 2.90. The van der Waals surface area contributed by atoms with Gasteiger partial charge >= 0.3 is 5.69 Å². The van der Waals surface area contributed by atoms with Gasteiger partial charge in [-0.1, -0.05) is 19.1 Å². The SMILES string of the molecule is CCCn1ccn(Cc2cccc([N+](=O)[O-])c2)c1=O. The molecule has 0 saturated heterocycles. The van der Waals surface area contributed by atoms with Gasteiger partial charge in [-0.3, -0.25) is 19.2 Å². The number of nitrogens with zero attached hydrogens (tertiary/aromatic N) is 3. The van der Waals surface area contributed by atoms with Gasteiger partial charge in [-0.15, -0.1) is 0 Å². The first-order valence-corrected chi connectivity index (χ1v) is 6.10. The first-order valence-electron chi connectivity index (χ1n) is 6.10. The number of rotatable bonds is 5. The number of hydrogen-bond donors (Lipinski definition) is 0. The molecule has 1 aromatic carbocycles. The fourth-order valence-corrected chi connectivity index (χ4v) is 1.95. The van der Waals surface area contributed by atoms with Crippen LogP contribution >= 0.6 is 0 Å². The first kappa shape index (κ1) is 13.1. The van der Waals surface area contributed by atoms with Crippen LogP contribution in [0.4, 0.5) is 5.69 Å². The Morgan fingerprint density at radius 3 is 2.68 bits per heavy atom. The fraction of sp³-hybridized carbons (Fsp3) is 0.308. The van der Waals surface area contributed by atoms with Crippen molar-refractivity contribution < 1.29 is 4.92 Å². The molecule has 0 bridgehead atoms. The molecule has 0 spiro atoms. The van der Waals surface area contributed by atoms with Gasteiger partial charge in [0.25, 0.3) is 5.69 Å². The maximum atomic E-state index is 12.0. The van der Waals surface area contributed by atoms with E-state index in [4.69, 9.17) is 0 Å². The summed E-state index contributed by atoms with van der Waals surface area (Å²) in [7, 11) is 0. The van der Waals surface area contributed by atoms with Crippen LogP contribution in [0.2, 0.25) is 0 Å². The highest BCUT2D eigenvalue weighted by molar-refractivity contribution is 5.34. The van der Waals surface area contributed by atoms with Crippen molar-refractivity contribution in [2.75, 3.05) is 0 Å². The van der Waals surface area contributed by atoms with Crippen LogP contribution in [0.1, 0.15) is 18.9 Å². The number of aryl methyl sites for hydroxylation is 1. The summed E-state index contributed by atoms with van der Waals surface area (Å²) in [5, 5.41) is 10.7. The van der Waals surface area contributed by atoms with Crippen molar-refractivity contribution in [3.63, 3.8) is 0 Å². The minimum atomic E-state index is -0.436. The van der Waals surface area contributed by atoms with Crippen molar-refractivity contribution in [1.82, 2.24) is 9.13 Å². The Labute approximate surface area is 110 Å². The van der Waals surface area contributed by atoms with Crippen LogP contribution in [0.3, 0.4) is 0 Å². The molecule has 0 aliphatic rings. The molecule has 2 rings (SSSR count).